The molecule has 4 heteroatoms. The number of likely N-dealkylation sites (tertiary alicyclic amines) is 1. The first-order valence-corrected chi connectivity index (χ1v) is 7.36. The predicted molar refractivity (Wildman–Crippen MR) is 73.5 cm³/mol. The molecule has 0 bridgehead atoms. The average Bonchev–Trinajstić information content (AvgIpc) is 2.91. The minimum absolute atomic E-state index is 0.0437. The number of nitrogens with one attached hydrogen (secondary N) is 2. The Kier molecular flexibility index (Phi) is 4.62. The van der Waals surface area contributed by atoms with Crippen molar-refractivity contribution in [2.24, 2.45) is 0 Å². The standard InChI is InChI=1S/C14H27N3O/c1-14(2,17-9-4-3-5-10-17)11-16-13(18)12-7-6-8-15-12/h12,15H,3-11H2,1-2H3,(H,16,18)/t12-/m0/s1. The molecular formula is C14H27N3O. The van der Waals surface area contributed by atoms with Gasteiger partial charge in [0.05, 0.1) is 6.04 Å². The zero-order valence-electron chi connectivity index (χ0n) is 11.8. The fraction of sp³-hybridized carbons (Fsp3) is 0.929. The maximum atomic E-state index is 12.0. The number of carbonyl (C=O) groups is 1. The number of carbonyl (C=O) groups excluding carboxylic acids is 1. The lowest BCUT2D eigenvalue weighted by Gasteiger charge is -2.41. The first kappa shape index (κ1) is 13.8. The van der Waals surface area contributed by atoms with Gasteiger partial charge in [0, 0.05) is 12.1 Å². The van der Waals surface area contributed by atoms with E-state index in [1.807, 2.05) is 0 Å². The number of piperidine rings is 1. The molecule has 2 heterocycles. The Morgan fingerprint density at radius 1 is 1.28 bits per heavy atom. The molecule has 0 saturated carbocycles. The monoisotopic (exact) mass is 253 g/mol. The SMILES string of the molecule is CC(C)(CNC(=O)[C@@H]1CCCN1)N1CCCCC1. The van der Waals surface area contributed by atoms with Gasteiger partial charge < -0.3 is 10.6 Å². The van der Waals surface area contributed by atoms with Crippen molar-refractivity contribution in [2.45, 2.75) is 57.5 Å². The summed E-state index contributed by atoms with van der Waals surface area (Å²) in [4.78, 5) is 14.5. The summed E-state index contributed by atoms with van der Waals surface area (Å²) in [5.74, 6) is 0.178. The third-order valence-electron chi connectivity index (χ3n) is 4.28. The van der Waals surface area contributed by atoms with E-state index in [0.29, 0.717) is 0 Å². The maximum Gasteiger partial charge on any atom is 0.237 e. The number of amides is 1. The molecule has 2 fully saturated rings. The van der Waals surface area contributed by atoms with Gasteiger partial charge in [0.15, 0.2) is 0 Å². The van der Waals surface area contributed by atoms with Crippen LogP contribution >= 0.6 is 0 Å². The van der Waals surface area contributed by atoms with E-state index < -0.39 is 0 Å². The van der Waals surface area contributed by atoms with Crippen LogP contribution < -0.4 is 10.6 Å². The molecule has 2 aliphatic heterocycles. The molecular weight excluding hydrogens is 226 g/mol. The average molecular weight is 253 g/mol. The van der Waals surface area contributed by atoms with Gasteiger partial charge in [-0.25, -0.2) is 0 Å². The molecule has 2 rings (SSSR count). The van der Waals surface area contributed by atoms with Crippen LogP contribution in [0.3, 0.4) is 0 Å². The van der Waals surface area contributed by atoms with Gasteiger partial charge >= 0.3 is 0 Å². The fourth-order valence-corrected chi connectivity index (χ4v) is 2.95. The van der Waals surface area contributed by atoms with Crippen LogP contribution in [0.4, 0.5) is 0 Å². The summed E-state index contributed by atoms with van der Waals surface area (Å²) in [6, 6.07) is 0.0437. The van der Waals surface area contributed by atoms with Crippen LogP contribution in [0.1, 0.15) is 46.0 Å². The summed E-state index contributed by atoms with van der Waals surface area (Å²) in [6.07, 6.45) is 6.04. The van der Waals surface area contributed by atoms with Gasteiger partial charge in [0.2, 0.25) is 5.91 Å². The van der Waals surface area contributed by atoms with Crippen LogP contribution in [0.5, 0.6) is 0 Å². The van der Waals surface area contributed by atoms with Crippen molar-refractivity contribution in [3.63, 3.8) is 0 Å². The van der Waals surface area contributed by atoms with Gasteiger partial charge in [-0.3, -0.25) is 9.69 Å². The van der Waals surface area contributed by atoms with E-state index in [1.165, 1.54) is 32.4 Å². The first-order valence-electron chi connectivity index (χ1n) is 7.36. The smallest absolute Gasteiger partial charge is 0.237 e. The van der Waals surface area contributed by atoms with Crippen LogP contribution in [0.2, 0.25) is 0 Å². The Hall–Kier alpha value is -0.610. The summed E-state index contributed by atoms with van der Waals surface area (Å²) < 4.78 is 0. The highest BCUT2D eigenvalue weighted by molar-refractivity contribution is 5.82. The zero-order chi connectivity index (χ0) is 13.0. The Bertz CT molecular complexity index is 279. The molecule has 0 radical (unpaired) electrons. The van der Waals surface area contributed by atoms with Crippen molar-refractivity contribution in [1.82, 2.24) is 15.5 Å². The molecule has 0 aliphatic carbocycles. The van der Waals surface area contributed by atoms with Crippen LogP contribution in [-0.2, 0) is 4.79 Å². The third-order valence-corrected chi connectivity index (χ3v) is 4.28. The number of nitrogens with zero attached hydrogens (tertiary/aromatic N) is 1. The van der Waals surface area contributed by atoms with Gasteiger partial charge in [0.1, 0.15) is 0 Å². The van der Waals surface area contributed by atoms with Crippen molar-refractivity contribution < 1.29 is 4.79 Å². The highest BCUT2D eigenvalue weighted by Crippen LogP contribution is 2.19. The first-order chi connectivity index (χ1) is 8.59. The second-order valence-corrected chi connectivity index (χ2v) is 6.23. The van der Waals surface area contributed by atoms with Gasteiger partial charge in [-0.15, -0.1) is 0 Å². The van der Waals surface area contributed by atoms with E-state index in [9.17, 15) is 4.79 Å². The fourth-order valence-electron chi connectivity index (χ4n) is 2.95. The van der Waals surface area contributed by atoms with Gasteiger partial charge in [-0.1, -0.05) is 6.42 Å². The molecule has 104 valence electrons. The molecule has 0 aromatic rings. The number of rotatable bonds is 4. The molecule has 2 N–H and O–H groups in total. The van der Waals surface area contributed by atoms with Crippen LogP contribution in [-0.4, -0.2) is 48.6 Å². The summed E-state index contributed by atoms with van der Waals surface area (Å²) in [7, 11) is 0. The molecule has 2 saturated heterocycles. The Morgan fingerprint density at radius 3 is 2.61 bits per heavy atom. The van der Waals surface area contributed by atoms with Crippen molar-refractivity contribution in [3.05, 3.63) is 0 Å². The highest BCUT2D eigenvalue weighted by Gasteiger charge is 2.29. The van der Waals surface area contributed by atoms with E-state index >= 15 is 0 Å². The summed E-state index contributed by atoms with van der Waals surface area (Å²) >= 11 is 0. The largest absolute Gasteiger partial charge is 0.353 e. The van der Waals surface area contributed by atoms with E-state index in [2.05, 4.69) is 29.4 Å². The van der Waals surface area contributed by atoms with Gasteiger partial charge in [-0.2, -0.15) is 0 Å². The van der Waals surface area contributed by atoms with E-state index in [4.69, 9.17) is 0 Å². The second kappa shape index (κ2) is 6.02. The predicted octanol–water partition coefficient (Wildman–Crippen LogP) is 1.12. The van der Waals surface area contributed by atoms with E-state index in [0.717, 1.165) is 25.9 Å². The number of hydrogen-bond acceptors (Lipinski definition) is 3. The minimum Gasteiger partial charge on any atom is -0.353 e. The van der Waals surface area contributed by atoms with Crippen LogP contribution in [0.15, 0.2) is 0 Å². The second-order valence-electron chi connectivity index (χ2n) is 6.23. The maximum absolute atomic E-state index is 12.0. The highest BCUT2D eigenvalue weighted by atomic mass is 16.2. The van der Waals surface area contributed by atoms with Crippen molar-refractivity contribution >= 4 is 5.91 Å². The minimum atomic E-state index is 0.0437. The van der Waals surface area contributed by atoms with Crippen LogP contribution in [0, 0.1) is 0 Å². The summed E-state index contributed by atoms with van der Waals surface area (Å²) in [5.41, 5.74) is 0.0781. The molecule has 0 unspecified atom stereocenters. The Labute approximate surface area is 110 Å². The summed E-state index contributed by atoms with van der Waals surface area (Å²) in [6.45, 7) is 8.55. The Morgan fingerprint density at radius 2 is 2.00 bits per heavy atom. The zero-order valence-corrected chi connectivity index (χ0v) is 11.8. The molecule has 0 aromatic carbocycles. The quantitative estimate of drug-likeness (QED) is 0.789. The third kappa shape index (κ3) is 3.45. The van der Waals surface area contributed by atoms with Gasteiger partial charge in [0.25, 0.3) is 0 Å². The Balaban J connectivity index is 1.78. The molecule has 1 amide bonds. The lowest BCUT2D eigenvalue weighted by Crippen LogP contribution is -2.55. The number of hydrogen-bond donors (Lipinski definition) is 2. The van der Waals surface area contributed by atoms with Crippen molar-refractivity contribution in [1.29, 1.82) is 0 Å². The lowest BCUT2D eigenvalue weighted by molar-refractivity contribution is -0.123. The molecule has 18 heavy (non-hydrogen) atoms. The van der Waals surface area contributed by atoms with Crippen LogP contribution in [0.25, 0.3) is 0 Å². The molecule has 0 spiro atoms. The van der Waals surface area contributed by atoms with E-state index in [1.54, 1.807) is 0 Å². The van der Waals surface area contributed by atoms with Gasteiger partial charge in [-0.05, 0) is 59.2 Å². The molecule has 1 atom stereocenters. The molecule has 0 aromatic heterocycles. The molecule has 4 nitrogen and oxygen atoms in total. The van der Waals surface area contributed by atoms with E-state index in [-0.39, 0.29) is 17.5 Å². The van der Waals surface area contributed by atoms with Crippen molar-refractivity contribution in [3.8, 4) is 0 Å². The summed E-state index contributed by atoms with van der Waals surface area (Å²) in [5, 5.41) is 6.37. The van der Waals surface area contributed by atoms with Crippen molar-refractivity contribution in [2.75, 3.05) is 26.2 Å². The lowest BCUT2D eigenvalue weighted by atomic mass is 9.98. The topological polar surface area (TPSA) is 44.4 Å². The molecule has 2 aliphatic rings. The normalized spacial score (nSPS) is 26.2.